The van der Waals surface area contributed by atoms with Gasteiger partial charge < -0.3 is 9.30 Å². The van der Waals surface area contributed by atoms with Gasteiger partial charge in [-0.2, -0.15) is 0 Å². The van der Waals surface area contributed by atoms with Crippen LogP contribution in [-0.2, 0) is 6.54 Å². The van der Waals surface area contributed by atoms with Crippen molar-refractivity contribution in [3.8, 4) is 17.1 Å². The summed E-state index contributed by atoms with van der Waals surface area (Å²) in [6.45, 7) is 0.438. The Morgan fingerprint density at radius 3 is 2.42 bits per heavy atom. The van der Waals surface area contributed by atoms with Gasteiger partial charge in [0.05, 0.1) is 18.2 Å². The molecule has 4 aromatic rings. The van der Waals surface area contributed by atoms with E-state index >= 15 is 0 Å². The van der Waals surface area contributed by atoms with Gasteiger partial charge in [0.25, 0.3) is 0 Å². The number of halogens is 2. The Morgan fingerprint density at radius 2 is 1.69 bits per heavy atom. The highest BCUT2D eigenvalue weighted by Crippen LogP contribution is 2.32. The molecule has 26 heavy (non-hydrogen) atoms. The van der Waals surface area contributed by atoms with E-state index in [1.807, 2.05) is 22.8 Å². The first-order valence-corrected chi connectivity index (χ1v) is 8.20. The Hall–Kier alpha value is -3.21. The van der Waals surface area contributed by atoms with E-state index in [-0.39, 0.29) is 11.6 Å². The van der Waals surface area contributed by atoms with Crippen molar-refractivity contribution in [2.24, 2.45) is 0 Å². The lowest BCUT2D eigenvalue weighted by Gasteiger charge is -2.10. The number of fused-ring (bicyclic) bond motifs is 1. The molecule has 0 radical (unpaired) electrons. The topological polar surface area (TPSA) is 27.1 Å². The van der Waals surface area contributed by atoms with E-state index in [0.717, 1.165) is 11.1 Å². The average Bonchev–Trinajstić information content (AvgIpc) is 3.02. The number of aromatic nitrogens is 2. The second kappa shape index (κ2) is 6.59. The van der Waals surface area contributed by atoms with Gasteiger partial charge in [0, 0.05) is 6.54 Å². The summed E-state index contributed by atoms with van der Waals surface area (Å²) in [5.74, 6) is 0.493. The van der Waals surface area contributed by atoms with Crippen LogP contribution in [0.15, 0.2) is 66.7 Å². The molecule has 5 heteroatoms. The summed E-state index contributed by atoms with van der Waals surface area (Å²) in [5, 5.41) is 0. The van der Waals surface area contributed by atoms with Crippen LogP contribution in [0.25, 0.3) is 22.4 Å². The number of rotatable bonds is 4. The number of nitrogens with zero attached hydrogens (tertiary/aromatic N) is 2. The third kappa shape index (κ3) is 2.81. The predicted octanol–water partition coefficient (Wildman–Crippen LogP) is 5.04. The molecular weight excluding hydrogens is 334 g/mol. The molecule has 0 saturated heterocycles. The molecule has 4 rings (SSSR count). The van der Waals surface area contributed by atoms with Crippen molar-refractivity contribution >= 4 is 11.0 Å². The normalized spacial score (nSPS) is 11.0. The van der Waals surface area contributed by atoms with Crippen LogP contribution in [0.5, 0.6) is 5.75 Å². The maximum atomic E-state index is 14.4. The summed E-state index contributed by atoms with van der Waals surface area (Å²) in [6, 6.07) is 18.4. The first kappa shape index (κ1) is 16.3. The fourth-order valence-electron chi connectivity index (χ4n) is 3.07. The summed E-state index contributed by atoms with van der Waals surface area (Å²) in [4.78, 5) is 4.65. The minimum absolute atomic E-state index is 0.291. The minimum Gasteiger partial charge on any atom is -0.494 e. The van der Waals surface area contributed by atoms with Crippen LogP contribution in [0.4, 0.5) is 8.78 Å². The summed E-state index contributed by atoms with van der Waals surface area (Å²) < 4.78 is 35.0. The van der Waals surface area contributed by atoms with Gasteiger partial charge in [-0.25, -0.2) is 13.8 Å². The van der Waals surface area contributed by atoms with Crippen LogP contribution in [0.3, 0.4) is 0 Å². The standard InChI is InChI=1S/C21H16F2N2O/c1-26-19-8-4-7-18-20(19)24-21(16-5-2-3-6-17(16)23)25(18)13-14-9-11-15(22)12-10-14/h2-12H,13H2,1H3. The van der Waals surface area contributed by atoms with Crippen molar-refractivity contribution in [1.29, 1.82) is 0 Å². The van der Waals surface area contributed by atoms with E-state index in [9.17, 15) is 8.78 Å². The Bertz CT molecular complexity index is 1070. The van der Waals surface area contributed by atoms with Crippen molar-refractivity contribution in [1.82, 2.24) is 9.55 Å². The number of hydrogen-bond donors (Lipinski definition) is 0. The Morgan fingerprint density at radius 1 is 0.923 bits per heavy atom. The maximum absolute atomic E-state index is 14.4. The molecule has 0 N–H and O–H groups in total. The molecule has 0 aliphatic heterocycles. The third-order valence-electron chi connectivity index (χ3n) is 4.33. The van der Waals surface area contributed by atoms with E-state index in [0.29, 0.717) is 29.2 Å². The van der Waals surface area contributed by atoms with E-state index in [1.165, 1.54) is 18.2 Å². The number of benzene rings is 3. The van der Waals surface area contributed by atoms with Gasteiger partial charge in [0.1, 0.15) is 28.7 Å². The third-order valence-corrected chi connectivity index (χ3v) is 4.33. The molecule has 0 aliphatic carbocycles. The minimum atomic E-state index is -0.345. The van der Waals surface area contributed by atoms with Gasteiger partial charge in [0.2, 0.25) is 0 Å². The molecule has 0 spiro atoms. The predicted molar refractivity (Wildman–Crippen MR) is 97.2 cm³/mol. The van der Waals surface area contributed by atoms with Crippen molar-refractivity contribution < 1.29 is 13.5 Å². The van der Waals surface area contributed by atoms with Crippen LogP contribution in [0.1, 0.15) is 5.56 Å². The lowest BCUT2D eigenvalue weighted by atomic mass is 10.1. The van der Waals surface area contributed by atoms with Crippen LogP contribution in [0.2, 0.25) is 0 Å². The van der Waals surface area contributed by atoms with E-state index in [1.54, 1.807) is 37.4 Å². The first-order valence-electron chi connectivity index (χ1n) is 8.20. The number of para-hydroxylation sites is 1. The average molecular weight is 350 g/mol. The van der Waals surface area contributed by atoms with Crippen LogP contribution in [0, 0.1) is 11.6 Å². The number of methoxy groups -OCH3 is 1. The fraction of sp³-hybridized carbons (Fsp3) is 0.0952. The Kier molecular flexibility index (Phi) is 4.13. The van der Waals surface area contributed by atoms with Crippen molar-refractivity contribution in [2.75, 3.05) is 7.11 Å². The maximum Gasteiger partial charge on any atom is 0.146 e. The van der Waals surface area contributed by atoms with Crippen LogP contribution < -0.4 is 4.74 Å². The van der Waals surface area contributed by atoms with Gasteiger partial charge in [-0.1, -0.05) is 30.3 Å². The van der Waals surface area contributed by atoms with Gasteiger partial charge >= 0.3 is 0 Å². The molecule has 0 aliphatic rings. The lowest BCUT2D eigenvalue weighted by molar-refractivity contribution is 0.419. The molecule has 130 valence electrons. The summed E-state index contributed by atoms with van der Waals surface area (Å²) in [6.07, 6.45) is 0. The molecule has 0 amide bonds. The van der Waals surface area contributed by atoms with Crippen molar-refractivity contribution in [3.63, 3.8) is 0 Å². The molecule has 0 fully saturated rings. The second-order valence-corrected chi connectivity index (χ2v) is 5.96. The number of ether oxygens (including phenoxy) is 1. The zero-order chi connectivity index (χ0) is 18.1. The van der Waals surface area contributed by atoms with Gasteiger partial charge in [-0.3, -0.25) is 0 Å². The summed E-state index contributed by atoms with van der Waals surface area (Å²) in [7, 11) is 1.58. The summed E-state index contributed by atoms with van der Waals surface area (Å²) >= 11 is 0. The highest BCUT2D eigenvalue weighted by Gasteiger charge is 2.18. The SMILES string of the molecule is COc1cccc2c1nc(-c1ccccc1F)n2Cc1ccc(F)cc1. The smallest absolute Gasteiger partial charge is 0.146 e. The molecule has 3 nitrogen and oxygen atoms in total. The van der Waals surface area contributed by atoms with Crippen molar-refractivity contribution in [2.45, 2.75) is 6.54 Å². The van der Waals surface area contributed by atoms with Crippen LogP contribution >= 0.6 is 0 Å². The molecule has 1 heterocycles. The van der Waals surface area contributed by atoms with Gasteiger partial charge in [-0.15, -0.1) is 0 Å². The van der Waals surface area contributed by atoms with E-state index in [4.69, 9.17) is 4.74 Å². The molecule has 0 unspecified atom stereocenters. The molecule has 0 bridgehead atoms. The highest BCUT2D eigenvalue weighted by molar-refractivity contribution is 5.86. The van der Waals surface area contributed by atoms with Gasteiger partial charge in [-0.05, 0) is 42.0 Å². The lowest BCUT2D eigenvalue weighted by Crippen LogP contribution is -2.03. The van der Waals surface area contributed by atoms with Crippen LogP contribution in [-0.4, -0.2) is 16.7 Å². The number of hydrogen-bond acceptors (Lipinski definition) is 2. The number of imidazole rings is 1. The molecular formula is C21H16F2N2O. The second-order valence-electron chi connectivity index (χ2n) is 5.96. The quantitative estimate of drug-likeness (QED) is 0.516. The summed E-state index contributed by atoms with van der Waals surface area (Å²) in [5.41, 5.74) is 2.79. The Balaban J connectivity index is 1.95. The highest BCUT2D eigenvalue weighted by atomic mass is 19.1. The van der Waals surface area contributed by atoms with E-state index < -0.39 is 0 Å². The molecule has 0 atom stereocenters. The zero-order valence-electron chi connectivity index (χ0n) is 14.1. The molecule has 3 aromatic carbocycles. The first-order chi connectivity index (χ1) is 12.7. The molecule has 0 saturated carbocycles. The monoisotopic (exact) mass is 350 g/mol. The fourth-order valence-corrected chi connectivity index (χ4v) is 3.07. The van der Waals surface area contributed by atoms with Crippen molar-refractivity contribution in [3.05, 3.63) is 83.9 Å². The van der Waals surface area contributed by atoms with E-state index in [2.05, 4.69) is 4.98 Å². The van der Waals surface area contributed by atoms with Gasteiger partial charge in [0.15, 0.2) is 0 Å². The zero-order valence-corrected chi connectivity index (χ0v) is 14.1. The Labute approximate surface area is 149 Å². The largest absolute Gasteiger partial charge is 0.494 e. The molecule has 1 aromatic heterocycles.